The van der Waals surface area contributed by atoms with Gasteiger partial charge in [-0.25, -0.2) is 5.48 Å². The maximum Gasteiger partial charge on any atom is 0.256 e. The first-order valence-electron chi connectivity index (χ1n) is 8.35. The van der Waals surface area contributed by atoms with Gasteiger partial charge >= 0.3 is 0 Å². The molecule has 128 valence electrons. The molecule has 0 saturated heterocycles. The van der Waals surface area contributed by atoms with E-state index in [0.29, 0.717) is 0 Å². The quantitative estimate of drug-likeness (QED) is 0.394. The SMILES string of the molecule is CSC(CCCCCc1ccc(-c2ccccc2)cc1)C(=O)NO. The Morgan fingerprint density at radius 2 is 1.67 bits per heavy atom. The second kappa shape index (κ2) is 10.2. The number of amides is 1. The van der Waals surface area contributed by atoms with Crippen molar-refractivity contribution in [3.8, 4) is 11.1 Å². The minimum absolute atomic E-state index is 0.153. The van der Waals surface area contributed by atoms with E-state index in [1.807, 2.05) is 12.3 Å². The highest BCUT2D eigenvalue weighted by Gasteiger charge is 2.15. The maximum absolute atomic E-state index is 11.4. The number of hydrogen-bond acceptors (Lipinski definition) is 3. The van der Waals surface area contributed by atoms with Crippen molar-refractivity contribution in [1.82, 2.24) is 5.48 Å². The van der Waals surface area contributed by atoms with Crippen molar-refractivity contribution in [2.75, 3.05) is 6.26 Å². The van der Waals surface area contributed by atoms with Gasteiger partial charge in [-0.1, -0.05) is 67.4 Å². The number of aryl methyl sites for hydroxylation is 1. The summed E-state index contributed by atoms with van der Waals surface area (Å²) >= 11 is 1.48. The lowest BCUT2D eigenvalue weighted by Gasteiger charge is -2.11. The molecule has 0 aliphatic carbocycles. The zero-order valence-corrected chi connectivity index (χ0v) is 14.9. The third-order valence-electron chi connectivity index (χ3n) is 4.18. The Balaban J connectivity index is 1.72. The normalized spacial score (nSPS) is 11.9. The Bertz CT molecular complexity index is 613. The number of hydrogen-bond donors (Lipinski definition) is 2. The Hall–Kier alpha value is -1.78. The molecule has 0 saturated carbocycles. The van der Waals surface area contributed by atoms with Crippen molar-refractivity contribution >= 4 is 17.7 Å². The standard InChI is InChI=1S/C20H25NO2S/c1-24-19(20(22)21-23)11-7-2-4-8-16-12-14-18(15-13-16)17-9-5-3-6-10-17/h3,5-6,9-10,12-15,19,23H,2,4,7-8,11H2,1H3,(H,21,22). The molecule has 2 aromatic rings. The van der Waals surface area contributed by atoms with Gasteiger partial charge in [0.15, 0.2) is 0 Å². The third kappa shape index (κ3) is 5.69. The molecular weight excluding hydrogens is 318 g/mol. The molecule has 1 atom stereocenters. The van der Waals surface area contributed by atoms with E-state index in [2.05, 4.69) is 48.5 Å². The summed E-state index contributed by atoms with van der Waals surface area (Å²) in [5.74, 6) is -0.293. The monoisotopic (exact) mass is 343 g/mol. The Labute approximate surface area is 148 Å². The molecule has 1 unspecified atom stereocenters. The highest BCUT2D eigenvalue weighted by Crippen LogP contribution is 2.20. The molecule has 0 spiro atoms. The number of rotatable bonds is 9. The van der Waals surface area contributed by atoms with Crippen LogP contribution in [0.5, 0.6) is 0 Å². The zero-order chi connectivity index (χ0) is 17.2. The van der Waals surface area contributed by atoms with Crippen molar-refractivity contribution in [2.45, 2.75) is 37.4 Å². The molecule has 3 nitrogen and oxygen atoms in total. The molecule has 2 rings (SSSR count). The minimum Gasteiger partial charge on any atom is -0.289 e. The summed E-state index contributed by atoms with van der Waals surface area (Å²) in [5.41, 5.74) is 5.58. The van der Waals surface area contributed by atoms with Crippen LogP contribution < -0.4 is 5.48 Å². The number of benzene rings is 2. The molecule has 0 aliphatic rings. The number of nitrogens with one attached hydrogen (secondary N) is 1. The molecule has 4 heteroatoms. The molecule has 24 heavy (non-hydrogen) atoms. The Kier molecular flexibility index (Phi) is 7.86. The number of thioether (sulfide) groups is 1. The van der Waals surface area contributed by atoms with Crippen LogP contribution in [0.1, 0.15) is 31.2 Å². The summed E-state index contributed by atoms with van der Waals surface area (Å²) in [4.78, 5) is 11.4. The number of carbonyl (C=O) groups is 1. The number of hydroxylamine groups is 1. The first kappa shape index (κ1) is 18.6. The summed E-state index contributed by atoms with van der Waals surface area (Å²) in [6.07, 6.45) is 6.98. The fourth-order valence-corrected chi connectivity index (χ4v) is 3.43. The van der Waals surface area contributed by atoms with Crippen molar-refractivity contribution in [2.24, 2.45) is 0 Å². The molecule has 2 N–H and O–H groups in total. The van der Waals surface area contributed by atoms with E-state index in [1.165, 1.54) is 28.5 Å². The lowest BCUT2D eigenvalue weighted by atomic mass is 10.0. The topological polar surface area (TPSA) is 49.3 Å². The van der Waals surface area contributed by atoms with Crippen LogP contribution in [0.3, 0.4) is 0 Å². The van der Waals surface area contributed by atoms with Gasteiger partial charge in [-0.2, -0.15) is 11.8 Å². The van der Waals surface area contributed by atoms with E-state index in [4.69, 9.17) is 5.21 Å². The fraction of sp³-hybridized carbons (Fsp3) is 0.350. The second-order valence-electron chi connectivity index (χ2n) is 5.86. The van der Waals surface area contributed by atoms with Crippen LogP contribution in [0.4, 0.5) is 0 Å². The van der Waals surface area contributed by atoms with Crippen LogP contribution in [-0.2, 0) is 11.2 Å². The second-order valence-corrected chi connectivity index (χ2v) is 6.90. The molecule has 0 bridgehead atoms. The van der Waals surface area contributed by atoms with Crippen LogP contribution in [0.15, 0.2) is 54.6 Å². The largest absolute Gasteiger partial charge is 0.289 e. The van der Waals surface area contributed by atoms with Gasteiger partial charge in [-0.15, -0.1) is 0 Å². The summed E-state index contributed by atoms with van der Waals surface area (Å²) in [7, 11) is 0. The predicted octanol–water partition coefficient (Wildman–Crippen LogP) is 4.69. The van der Waals surface area contributed by atoms with E-state index in [9.17, 15) is 4.79 Å². The van der Waals surface area contributed by atoms with Crippen molar-refractivity contribution in [3.63, 3.8) is 0 Å². The average Bonchev–Trinajstić information content (AvgIpc) is 2.65. The van der Waals surface area contributed by atoms with Crippen molar-refractivity contribution in [1.29, 1.82) is 0 Å². The molecule has 0 aliphatic heterocycles. The Morgan fingerprint density at radius 1 is 1.00 bits per heavy atom. The fourth-order valence-electron chi connectivity index (χ4n) is 2.76. The number of carbonyl (C=O) groups excluding carboxylic acids is 1. The van der Waals surface area contributed by atoms with Crippen LogP contribution in [0.2, 0.25) is 0 Å². The molecule has 0 radical (unpaired) electrons. The van der Waals surface area contributed by atoms with E-state index in [1.54, 1.807) is 5.48 Å². The van der Waals surface area contributed by atoms with Crippen molar-refractivity contribution in [3.05, 3.63) is 60.2 Å². The van der Waals surface area contributed by atoms with E-state index in [-0.39, 0.29) is 11.2 Å². The van der Waals surface area contributed by atoms with Gasteiger partial charge in [0.05, 0.1) is 5.25 Å². The summed E-state index contributed by atoms with van der Waals surface area (Å²) in [6.45, 7) is 0. The van der Waals surface area contributed by atoms with Gasteiger partial charge in [-0.05, 0) is 42.2 Å². The first-order valence-corrected chi connectivity index (χ1v) is 9.64. The van der Waals surface area contributed by atoms with Crippen LogP contribution in [0.25, 0.3) is 11.1 Å². The molecule has 0 fully saturated rings. The number of unbranched alkanes of at least 4 members (excludes halogenated alkanes) is 2. The average molecular weight is 343 g/mol. The lowest BCUT2D eigenvalue weighted by molar-refractivity contribution is -0.128. The van der Waals surface area contributed by atoms with E-state index in [0.717, 1.165) is 32.1 Å². The summed E-state index contributed by atoms with van der Waals surface area (Å²) in [6, 6.07) is 19.2. The van der Waals surface area contributed by atoms with Gasteiger partial charge in [-0.3, -0.25) is 10.0 Å². The van der Waals surface area contributed by atoms with Gasteiger partial charge in [0.1, 0.15) is 0 Å². The van der Waals surface area contributed by atoms with Gasteiger partial charge in [0.2, 0.25) is 0 Å². The van der Waals surface area contributed by atoms with Crippen LogP contribution in [0, 0.1) is 0 Å². The van der Waals surface area contributed by atoms with Gasteiger partial charge in [0.25, 0.3) is 5.91 Å². The predicted molar refractivity (Wildman–Crippen MR) is 101 cm³/mol. The highest BCUT2D eigenvalue weighted by molar-refractivity contribution is 7.99. The highest BCUT2D eigenvalue weighted by atomic mass is 32.2. The van der Waals surface area contributed by atoms with Gasteiger partial charge < -0.3 is 0 Å². The van der Waals surface area contributed by atoms with E-state index >= 15 is 0 Å². The Morgan fingerprint density at radius 3 is 2.29 bits per heavy atom. The van der Waals surface area contributed by atoms with E-state index < -0.39 is 0 Å². The molecule has 0 heterocycles. The van der Waals surface area contributed by atoms with Crippen LogP contribution >= 0.6 is 11.8 Å². The zero-order valence-electron chi connectivity index (χ0n) is 14.1. The smallest absolute Gasteiger partial charge is 0.256 e. The molecular formula is C20H25NO2S. The van der Waals surface area contributed by atoms with Gasteiger partial charge in [0, 0.05) is 0 Å². The maximum atomic E-state index is 11.4. The third-order valence-corrected chi connectivity index (χ3v) is 5.20. The lowest BCUT2D eigenvalue weighted by Crippen LogP contribution is -2.29. The summed E-state index contributed by atoms with van der Waals surface area (Å²) < 4.78 is 0. The van der Waals surface area contributed by atoms with Crippen molar-refractivity contribution < 1.29 is 10.0 Å². The first-order chi connectivity index (χ1) is 11.7. The summed E-state index contributed by atoms with van der Waals surface area (Å²) in [5, 5.41) is 8.53. The molecule has 1 amide bonds. The van der Waals surface area contributed by atoms with Crippen LogP contribution in [-0.4, -0.2) is 22.6 Å². The molecule has 0 aromatic heterocycles. The molecule has 2 aromatic carbocycles. The minimum atomic E-state index is -0.293.